The van der Waals surface area contributed by atoms with Gasteiger partial charge in [0.1, 0.15) is 12.4 Å². The van der Waals surface area contributed by atoms with E-state index >= 15 is 0 Å². The fraction of sp³-hybridized carbons (Fsp3) is 0.333. The van der Waals surface area contributed by atoms with Gasteiger partial charge in [-0.1, -0.05) is 48.3 Å². The Balaban J connectivity index is 2.79. The van der Waals surface area contributed by atoms with Gasteiger partial charge in [-0.05, 0) is 12.5 Å². The van der Waals surface area contributed by atoms with E-state index in [1.807, 2.05) is 25.1 Å². The number of aliphatic hydroxyl groups is 1. The molecule has 1 rings (SSSR count). The number of rotatable bonds is 5. The average molecular weight is 261 g/mol. The van der Waals surface area contributed by atoms with Crippen molar-refractivity contribution in [2.75, 3.05) is 6.61 Å². The molecule has 2 nitrogen and oxygen atoms in total. The first-order valence-corrected chi connectivity index (χ1v) is 5.85. The maximum atomic E-state index is 9.78. The molecule has 0 unspecified atom stereocenters. The fourth-order valence-electron chi connectivity index (χ4n) is 1.29. The summed E-state index contributed by atoms with van der Waals surface area (Å²) in [6.07, 6.45) is 0.120. The van der Waals surface area contributed by atoms with Crippen molar-refractivity contribution in [3.8, 4) is 5.75 Å². The Morgan fingerprint density at radius 3 is 2.81 bits per heavy atom. The Kier molecular flexibility index (Phi) is 5.67. The second kappa shape index (κ2) is 6.79. The quantitative estimate of drug-likeness (QED) is 0.872. The summed E-state index contributed by atoms with van der Waals surface area (Å²) in [5.74, 6) is 0.633. The fourth-order valence-corrected chi connectivity index (χ4v) is 1.40. The lowest BCUT2D eigenvalue weighted by Crippen LogP contribution is -2.03. The lowest BCUT2D eigenvalue weighted by Gasteiger charge is -2.14. The average Bonchev–Trinajstić information content (AvgIpc) is 2.35. The molecule has 1 aromatic carbocycles. The number of aliphatic hydroxyl groups excluding tert-OH is 1. The number of halogens is 2. The minimum Gasteiger partial charge on any atom is -0.488 e. The molecule has 4 heteroatoms. The number of ether oxygens (including phenoxy) is 1. The summed E-state index contributed by atoms with van der Waals surface area (Å²) >= 11 is 11.1. The van der Waals surface area contributed by atoms with Crippen molar-refractivity contribution in [2.45, 2.75) is 19.4 Å². The van der Waals surface area contributed by atoms with Crippen LogP contribution in [-0.2, 0) is 0 Å². The first-order chi connectivity index (χ1) is 7.69. The molecule has 1 N–H and O–H groups in total. The van der Waals surface area contributed by atoms with Crippen LogP contribution in [0.1, 0.15) is 25.0 Å². The normalized spacial score (nSPS) is 13.6. The van der Waals surface area contributed by atoms with Crippen LogP contribution in [0.3, 0.4) is 0 Å². The minimum absolute atomic E-state index is 0.207. The van der Waals surface area contributed by atoms with E-state index in [2.05, 4.69) is 0 Å². The van der Waals surface area contributed by atoms with Crippen molar-refractivity contribution >= 4 is 23.2 Å². The van der Waals surface area contributed by atoms with E-state index in [4.69, 9.17) is 27.9 Å². The van der Waals surface area contributed by atoms with E-state index in [1.165, 1.54) is 5.54 Å². The molecule has 0 heterocycles. The van der Waals surface area contributed by atoms with Gasteiger partial charge in [-0.25, -0.2) is 0 Å². The Bertz CT molecular complexity index is 364. The number of hydrogen-bond acceptors (Lipinski definition) is 2. The van der Waals surface area contributed by atoms with Gasteiger partial charge >= 0.3 is 0 Å². The van der Waals surface area contributed by atoms with Crippen LogP contribution in [0, 0.1) is 0 Å². The van der Waals surface area contributed by atoms with E-state index in [-0.39, 0.29) is 6.61 Å². The van der Waals surface area contributed by atoms with Gasteiger partial charge in [0.2, 0.25) is 0 Å². The molecule has 0 amide bonds. The summed E-state index contributed by atoms with van der Waals surface area (Å²) in [5.41, 5.74) is 2.03. The third-order valence-corrected chi connectivity index (χ3v) is 2.74. The van der Waals surface area contributed by atoms with Crippen molar-refractivity contribution in [3.63, 3.8) is 0 Å². The van der Waals surface area contributed by atoms with Gasteiger partial charge in [0, 0.05) is 11.1 Å². The third-order valence-electron chi connectivity index (χ3n) is 2.15. The third kappa shape index (κ3) is 3.71. The van der Waals surface area contributed by atoms with Gasteiger partial charge in [0.05, 0.1) is 11.1 Å². The second-order valence-corrected chi connectivity index (χ2v) is 4.01. The molecular formula is C12H14Cl2O2. The second-order valence-electron chi connectivity index (χ2n) is 3.31. The first-order valence-electron chi connectivity index (χ1n) is 5.03. The van der Waals surface area contributed by atoms with E-state index in [1.54, 1.807) is 6.07 Å². The molecule has 0 saturated carbocycles. The van der Waals surface area contributed by atoms with Gasteiger partial charge in [0.25, 0.3) is 0 Å². The molecule has 88 valence electrons. The van der Waals surface area contributed by atoms with Crippen LogP contribution in [0.4, 0.5) is 0 Å². The lowest BCUT2D eigenvalue weighted by molar-refractivity contribution is 0.168. The highest BCUT2D eigenvalue weighted by atomic mass is 35.5. The van der Waals surface area contributed by atoms with Crippen molar-refractivity contribution in [3.05, 3.63) is 40.4 Å². The summed E-state index contributed by atoms with van der Waals surface area (Å²) in [4.78, 5) is 0. The van der Waals surface area contributed by atoms with E-state index in [9.17, 15) is 5.11 Å². The Labute approximate surface area is 105 Å². The topological polar surface area (TPSA) is 29.5 Å². The number of para-hydroxylation sites is 1. The highest BCUT2D eigenvalue weighted by Gasteiger charge is 2.10. The summed E-state index contributed by atoms with van der Waals surface area (Å²) in [5, 5.41) is 10.2. The minimum atomic E-state index is -0.519. The molecule has 0 radical (unpaired) electrons. The molecule has 0 aromatic heterocycles. The van der Waals surface area contributed by atoms with Crippen LogP contribution in [0.2, 0.25) is 0 Å². The van der Waals surface area contributed by atoms with Crippen LogP contribution in [0.25, 0.3) is 0 Å². The Morgan fingerprint density at radius 2 is 2.19 bits per heavy atom. The molecule has 1 atom stereocenters. The van der Waals surface area contributed by atoms with Gasteiger partial charge < -0.3 is 9.84 Å². The molecular weight excluding hydrogens is 247 g/mol. The highest BCUT2D eigenvalue weighted by molar-refractivity contribution is 6.36. The Morgan fingerprint density at radius 1 is 1.50 bits per heavy atom. The zero-order valence-corrected chi connectivity index (χ0v) is 10.5. The molecule has 0 bridgehead atoms. The molecule has 0 aliphatic heterocycles. The van der Waals surface area contributed by atoms with E-state index in [0.717, 1.165) is 5.56 Å². The van der Waals surface area contributed by atoms with Crippen LogP contribution >= 0.6 is 23.2 Å². The lowest BCUT2D eigenvalue weighted by atomic mass is 10.1. The van der Waals surface area contributed by atoms with Gasteiger partial charge in [-0.15, -0.1) is 0 Å². The van der Waals surface area contributed by atoms with Crippen molar-refractivity contribution in [1.82, 2.24) is 0 Å². The van der Waals surface area contributed by atoms with Gasteiger partial charge in [-0.3, -0.25) is 0 Å². The van der Waals surface area contributed by atoms with Crippen molar-refractivity contribution in [1.29, 1.82) is 0 Å². The van der Waals surface area contributed by atoms with Crippen LogP contribution in [0.15, 0.2) is 34.8 Å². The summed E-state index contributed by atoms with van der Waals surface area (Å²) in [7, 11) is 0. The van der Waals surface area contributed by atoms with Gasteiger partial charge in [-0.2, -0.15) is 0 Å². The SMILES string of the molecule is CC[C@H](O)c1ccccc1OCC(Cl)=CCl. The molecule has 1 aromatic rings. The van der Waals surface area contributed by atoms with Crippen LogP contribution in [-0.4, -0.2) is 11.7 Å². The zero-order valence-electron chi connectivity index (χ0n) is 8.99. The van der Waals surface area contributed by atoms with Crippen molar-refractivity contribution < 1.29 is 9.84 Å². The summed E-state index contributed by atoms with van der Waals surface area (Å²) in [6.45, 7) is 2.12. The molecule has 0 aliphatic rings. The predicted octanol–water partition coefficient (Wildman–Crippen LogP) is 3.83. The molecule has 0 aliphatic carbocycles. The Hall–Kier alpha value is -0.700. The predicted molar refractivity (Wildman–Crippen MR) is 67.0 cm³/mol. The number of hydrogen-bond donors (Lipinski definition) is 1. The monoisotopic (exact) mass is 260 g/mol. The number of benzene rings is 1. The molecule has 0 spiro atoms. The maximum absolute atomic E-state index is 9.78. The van der Waals surface area contributed by atoms with E-state index in [0.29, 0.717) is 17.2 Å². The zero-order chi connectivity index (χ0) is 12.0. The molecule has 16 heavy (non-hydrogen) atoms. The molecule has 0 saturated heterocycles. The first kappa shape index (κ1) is 13.4. The van der Waals surface area contributed by atoms with Crippen LogP contribution in [0.5, 0.6) is 5.75 Å². The smallest absolute Gasteiger partial charge is 0.125 e. The summed E-state index contributed by atoms with van der Waals surface area (Å²) < 4.78 is 5.47. The van der Waals surface area contributed by atoms with Crippen LogP contribution < -0.4 is 4.74 Å². The highest BCUT2D eigenvalue weighted by Crippen LogP contribution is 2.27. The van der Waals surface area contributed by atoms with Crippen molar-refractivity contribution in [2.24, 2.45) is 0 Å². The largest absolute Gasteiger partial charge is 0.488 e. The maximum Gasteiger partial charge on any atom is 0.125 e. The van der Waals surface area contributed by atoms with E-state index < -0.39 is 6.10 Å². The van der Waals surface area contributed by atoms with Gasteiger partial charge in [0.15, 0.2) is 0 Å². The standard InChI is InChI=1S/C12H14Cl2O2/c1-2-11(15)10-5-3-4-6-12(10)16-8-9(14)7-13/h3-7,11,15H,2,8H2,1H3/t11-/m0/s1. The molecule has 0 fully saturated rings. The summed E-state index contributed by atoms with van der Waals surface area (Å²) in [6, 6.07) is 7.34.